The van der Waals surface area contributed by atoms with Gasteiger partial charge in [0.25, 0.3) is 0 Å². The molecule has 0 radical (unpaired) electrons. The summed E-state index contributed by atoms with van der Waals surface area (Å²) in [7, 11) is 0. The molecule has 1 N–H and O–H groups in total. The highest BCUT2D eigenvalue weighted by Crippen LogP contribution is 2.41. The fourth-order valence-corrected chi connectivity index (χ4v) is 5.50. The molecule has 2 atom stereocenters. The standard InChI is InChI=1S/C30H40N2O2/c1-5-15-31(16-6-2)21-29-26-12-9-23(4)30(33)27(26)19-28(34-29)25-13-17-32(18-14-25)20-24-10-7-22(3)8-11-24/h5-12,25,28-29,33H,1-2,13-21H2,3-4H3/t28-,29-/m0/s1. The summed E-state index contributed by atoms with van der Waals surface area (Å²) in [6.07, 6.45) is 7.02. The predicted molar refractivity (Wildman–Crippen MR) is 140 cm³/mol. The number of benzene rings is 2. The van der Waals surface area contributed by atoms with Crippen molar-refractivity contribution in [2.24, 2.45) is 5.92 Å². The summed E-state index contributed by atoms with van der Waals surface area (Å²) in [5, 5.41) is 10.9. The number of aryl methyl sites for hydroxylation is 2. The number of phenols is 1. The van der Waals surface area contributed by atoms with Gasteiger partial charge in [0.1, 0.15) is 5.75 Å². The molecule has 0 unspecified atom stereocenters. The van der Waals surface area contributed by atoms with Gasteiger partial charge in [-0.3, -0.25) is 9.80 Å². The van der Waals surface area contributed by atoms with Crippen LogP contribution in [-0.4, -0.2) is 53.7 Å². The zero-order chi connectivity index (χ0) is 24.1. The smallest absolute Gasteiger partial charge is 0.122 e. The Bertz CT molecular complexity index is 966. The fraction of sp³-hybridized carbons (Fsp3) is 0.467. The number of likely N-dealkylation sites (tertiary alicyclic amines) is 1. The maximum atomic E-state index is 10.9. The molecular formula is C30H40N2O2. The van der Waals surface area contributed by atoms with Crippen LogP contribution in [0, 0.1) is 19.8 Å². The van der Waals surface area contributed by atoms with E-state index in [-0.39, 0.29) is 12.2 Å². The van der Waals surface area contributed by atoms with Gasteiger partial charge < -0.3 is 9.84 Å². The first-order valence-electron chi connectivity index (χ1n) is 12.7. The molecule has 2 aromatic rings. The summed E-state index contributed by atoms with van der Waals surface area (Å²) >= 11 is 0. The molecule has 0 amide bonds. The number of nitrogens with zero attached hydrogens (tertiary/aromatic N) is 2. The Balaban J connectivity index is 1.45. The maximum Gasteiger partial charge on any atom is 0.122 e. The molecule has 2 aromatic carbocycles. The minimum absolute atomic E-state index is 0.0502. The van der Waals surface area contributed by atoms with Gasteiger partial charge >= 0.3 is 0 Å². The first-order chi connectivity index (χ1) is 16.5. The van der Waals surface area contributed by atoms with Crippen LogP contribution in [0.4, 0.5) is 0 Å². The Morgan fingerprint density at radius 2 is 1.71 bits per heavy atom. The maximum absolute atomic E-state index is 10.9. The number of rotatable bonds is 9. The molecule has 4 nitrogen and oxygen atoms in total. The molecular weight excluding hydrogens is 420 g/mol. The van der Waals surface area contributed by atoms with Crippen LogP contribution in [0.1, 0.15) is 46.8 Å². The number of phenolic OH excluding ortho intramolecular Hbond substituents is 1. The number of hydrogen-bond donors (Lipinski definition) is 1. The van der Waals surface area contributed by atoms with Crippen LogP contribution in [0.25, 0.3) is 0 Å². The van der Waals surface area contributed by atoms with Crippen molar-refractivity contribution in [3.8, 4) is 5.75 Å². The molecule has 0 bridgehead atoms. The lowest BCUT2D eigenvalue weighted by atomic mass is 9.83. The van der Waals surface area contributed by atoms with E-state index >= 15 is 0 Å². The molecule has 2 heterocycles. The van der Waals surface area contributed by atoms with Crippen molar-refractivity contribution >= 4 is 0 Å². The van der Waals surface area contributed by atoms with Crippen LogP contribution in [0.3, 0.4) is 0 Å². The van der Waals surface area contributed by atoms with Crippen LogP contribution in [0.15, 0.2) is 61.7 Å². The third kappa shape index (κ3) is 5.80. The normalized spacial score (nSPS) is 21.4. The lowest BCUT2D eigenvalue weighted by molar-refractivity contribution is -0.0779. The van der Waals surface area contributed by atoms with Crippen molar-refractivity contribution in [2.45, 2.75) is 51.9 Å². The molecule has 0 aromatic heterocycles. The van der Waals surface area contributed by atoms with Gasteiger partial charge in [0.15, 0.2) is 0 Å². The van der Waals surface area contributed by atoms with E-state index in [9.17, 15) is 5.11 Å². The number of fused-ring (bicyclic) bond motifs is 1. The van der Waals surface area contributed by atoms with Crippen LogP contribution in [-0.2, 0) is 17.7 Å². The zero-order valence-corrected chi connectivity index (χ0v) is 20.9. The number of ether oxygens (including phenoxy) is 1. The highest BCUT2D eigenvalue weighted by atomic mass is 16.5. The Morgan fingerprint density at radius 3 is 2.35 bits per heavy atom. The highest BCUT2D eigenvalue weighted by Gasteiger charge is 2.36. The Morgan fingerprint density at radius 1 is 1.03 bits per heavy atom. The molecule has 34 heavy (non-hydrogen) atoms. The molecule has 1 saturated heterocycles. The van der Waals surface area contributed by atoms with E-state index in [0.717, 1.165) is 75.2 Å². The monoisotopic (exact) mass is 460 g/mol. The Hall–Kier alpha value is -2.40. The lowest BCUT2D eigenvalue weighted by Gasteiger charge is -2.41. The predicted octanol–water partition coefficient (Wildman–Crippen LogP) is 5.58. The van der Waals surface area contributed by atoms with E-state index in [4.69, 9.17) is 4.74 Å². The van der Waals surface area contributed by atoms with Gasteiger partial charge in [-0.15, -0.1) is 13.2 Å². The van der Waals surface area contributed by atoms with Crippen molar-refractivity contribution in [1.82, 2.24) is 9.80 Å². The fourth-order valence-electron chi connectivity index (χ4n) is 5.50. The van der Waals surface area contributed by atoms with Crippen LogP contribution in [0.5, 0.6) is 5.75 Å². The molecule has 0 aliphatic carbocycles. The van der Waals surface area contributed by atoms with Gasteiger partial charge in [-0.2, -0.15) is 0 Å². The van der Waals surface area contributed by atoms with Crippen LogP contribution in [0.2, 0.25) is 0 Å². The summed E-state index contributed by atoms with van der Waals surface area (Å²) in [5.41, 5.74) is 5.86. The quantitative estimate of drug-likeness (QED) is 0.496. The summed E-state index contributed by atoms with van der Waals surface area (Å²) < 4.78 is 6.80. The van der Waals surface area contributed by atoms with E-state index in [1.807, 2.05) is 25.1 Å². The second-order valence-electron chi connectivity index (χ2n) is 10.1. The van der Waals surface area contributed by atoms with Crippen LogP contribution >= 0.6 is 0 Å². The summed E-state index contributed by atoms with van der Waals surface area (Å²) in [5.74, 6) is 0.962. The topological polar surface area (TPSA) is 35.9 Å². The molecule has 4 heteroatoms. The molecule has 182 valence electrons. The first-order valence-corrected chi connectivity index (χ1v) is 12.7. The van der Waals surface area contributed by atoms with Crippen molar-refractivity contribution in [3.05, 3.63) is 89.5 Å². The Labute approximate surface area is 205 Å². The molecule has 0 saturated carbocycles. The molecule has 2 aliphatic rings. The second-order valence-corrected chi connectivity index (χ2v) is 10.1. The van der Waals surface area contributed by atoms with Gasteiger partial charge in [-0.05, 0) is 62.4 Å². The SMILES string of the molecule is C=CCN(CC=C)C[C@@H]1O[C@H](C2CCN(Cc3ccc(C)cc3)CC2)Cc2c1ccc(C)c2O. The van der Waals surface area contributed by atoms with Gasteiger partial charge in [0.05, 0.1) is 12.2 Å². The van der Waals surface area contributed by atoms with E-state index in [2.05, 4.69) is 60.2 Å². The third-order valence-electron chi connectivity index (χ3n) is 7.50. The third-order valence-corrected chi connectivity index (χ3v) is 7.50. The minimum atomic E-state index is -0.0502. The van der Waals surface area contributed by atoms with Crippen LogP contribution < -0.4 is 0 Å². The largest absolute Gasteiger partial charge is 0.507 e. The first kappa shape index (κ1) is 24.7. The molecule has 4 rings (SSSR count). The van der Waals surface area contributed by atoms with Crippen molar-refractivity contribution in [1.29, 1.82) is 0 Å². The summed E-state index contributed by atoms with van der Waals surface area (Å²) in [6, 6.07) is 13.1. The van der Waals surface area contributed by atoms with Gasteiger partial charge in [-0.25, -0.2) is 0 Å². The zero-order valence-electron chi connectivity index (χ0n) is 20.9. The Kier molecular flexibility index (Phi) is 8.25. The number of aromatic hydroxyl groups is 1. The van der Waals surface area contributed by atoms with E-state index in [1.165, 1.54) is 11.1 Å². The molecule has 1 fully saturated rings. The van der Waals surface area contributed by atoms with E-state index in [0.29, 0.717) is 11.7 Å². The second kappa shape index (κ2) is 11.4. The van der Waals surface area contributed by atoms with Crippen molar-refractivity contribution in [3.63, 3.8) is 0 Å². The van der Waals surface area contributed by atoms with Crippen molar-refractivity contribution in [2.75, 3.05) is 32.7 Å². The lowest BCUT2D eigenvalue weighted by Crippen LogP contribution is -2.42. The summed E-state index contributed by atoms with van der Waals surface area (Å²) in [4.78, 5) is 4.87. The van der Waals surface area contributed by atoms with E-state index < -0.39 is 0 Å². The molecule has 2 aliphatic heterocycles. The van der Waals surface area contributed by atoms with E-state index in [1.54, 1.807) is 0 Å². The average Bonchev–Trinajstić information content (AvgIpc) is 2.84. The van der Waals surface area contributed by atoms with Gasteiger partial charge in [0.2, 0.25) is 0 Å². The number of piperidine rings is 1. The number of hydrogen-bond acceptors (Lipinski definition) is 4. The highest BCUT2D eigenvalue weighted by molar-refractivity contribution is 5.47. The average molecular weight is 461 g/mol. The minimum Gasteiger partial charge on any atom is -0.507 e. The van der Waals surface area contributed by atoms with Crippen molar-refractivity contribution < 1.29 is 9.84 Å². The molecule has 0 spiro atoms. The van der Waals surface area contributed by atoms with Gasteiger partial charge in [0, 0.05) is 38.2 Å². The summed E-state index contributed by atoms with van der Waals surface area (Å²) in [6.45, 7) is 17.5. The van der Waals surface area contributed by atoms with Gasteiger partial charge in [-0.1, -0.05) is 54.1 Å².